The molecule has 0 N–H and O–H groups in total. The predicted molar refractivity (Wildman–Crippen MR) is 53.9 cm³/mol. The Hall–Kier alpha value is -0.820. The number of aryl methyl sites for hydroxylation is 1. The number of benzene rings is 1. The van der Waals surface area contributed by atoms with Crippen molar-refractivity contribution < 1.29 is 4.74 Å². The normalized spacial score (nSPS) is 19.6. The van der Waals surface area contributed by atoms with Crippen LogP contribution in [0.25, 0.3) is 0 Å². The van der Waals surface area contributed by atoms with Crippen molar-refractivity contribution in [2.45, 2.75) is 32.8 Å². The summed E-state index contributed by atoms with van der Waals surface area (Å²) in [5.41, 5.74) is 4.03. The molecule has 1 aliphatic rings. The van der Waals surface area contributed by atoms with Crippen LogP contribution in [-0.4, -0.2) is 6.61 Å². The van der Waals surface area contributed by atoms with Gasteiger partial charge in [-0.1, -0.05) is 23.8 Å². The molecule has 0 unspecified atom stereocenters. The highest BCUT2D eigenvalue weighted by Crippen LogP contribution is 2.32. The third-order valence-electron chi connectivity index (χ3n) is 2.75. The molecule has 0 saturated heterocycles. The molecule has 2 rings (SSSR count). The Balaban J connectivity index is 2.55. The predicted octanol–water partition coefficient (Wildman–Crippen LogP) is 2.80. The molecule has 0 aliphatic carbocycles. The Labute approximate surface area is 79.7 Å². The first-order valence-electron chi connectivity index (χ1n) is 4.83. The maximum Gasteiger partial charge on any atom is 0.0878 e. The van der Waals surface area contributed by atoms with E-state index in [1.54, 1.807) is 0 Å². The Morgan fingerprint density at radius 2 is 2.08 bits per heavy atom. The second kappa shape index (κ2) is 2.85. The van der Waals surface area contributed by atoms with Gasteiger partial charge in [0.25, 0.3) is 0 Å². The summed E-state index contributed by atoms with van der Waals surface area (Å²) in [5.74, 6) is 0. The van der Waals surface area contributed by atoms with Crippen LogP contribution in [0.3, 0.4) is 0 Å². The van der Waals surface area contributed by atoms with E-state index in [9.17, 15) is 0 Å². The number of hydrogen-bond acceptors (Lipinski definition) is 1. The largest absolute Gasteiger partial charge is 0.371 e. The fraction of sp³-hybridized carbons (Fsp3) is 0.500. The van der Waals surface area contributed by atoms with Crippen LogP contribution in [0.5, 0.6) is 0 Å². The summed E-state index contributed by atoms with van der Waals surface area (Å²) in [6.45, 7) is 7.27. The third-order valence-corrected chi connectivity index (χ3v) is 2.75. The van der Waals surface area contributed by atoms with Crippen LogP contribution in [0.4, 0.5) is 0 Å². The first-order valence-corrected chi connectivity index (χ1v) is 4.83. The smallest absolute Gasteiger partial charge is 0.0878 e. The van der Waals surface area contributed by atoms with E-state index in [1.807, 2.05) is 0 Å². The highest BCUT2D eigenvalue weighted by molar-refractivity contribution is 5.36. The molecule has 0 amide bonds. The average molecular weight is 176 g/mol. The zero-order valence-corrected chi connectivity index (χ0v) is 8.55. The summed E-state index contributed by atoms with van der Waals surface area (Å²) in [6, 6.07) is 6.66. The molecule has 0 atom stereocenters. The van der Waals surface area contributed by atoms with Gasteiger partial charge in [0.05, 0.1) is 12.2 Å². The number of hydrogen-bond donors (Lipinski definition) is 0. The van der Waals surface area contributed by atoms with Crippen LogP contribution in [0.1, 0.15) is 30.5 Å². The Bertz CT molecular complexity index is 326. The van der Waals surface area contributed by atoms with Crippen molar-refractivity contribution in [1.29, 1.82) is 0 Å². The van der Waals surface area contributed by atoms with Gasteiger partial charge >= 0.3 is 0 Å². The lowest BCUT2D eigenvalue weighted by Gasteiger charge is -2.33. The van der Waals surface area contributed by atoms with Crippen LogP contribution in [0, 0.1) is 6.92 Å². The lowest BCUT2D eigenvalue weighted by Crippen LogP contribution is -2.29. The Morgan fingerprint density at radius 1 is 1.31 bits per heavy atom. The summed E-state index contributed by atoms with van der Waals surface area (Å²) in [6.07, 6.45) is 1.05. The maximum absolute atomic E-state index is 5.75. The molecule has 1 heteroatoms. The van der Waals surface area contributed by atoms with Gasteiger partial charge in [-0.05, 0) is 38.3 Å². The highest BCUT2D eigenvalue weighted by Gasteiger charge is 2.27. The maximum atomic E-state index is 5.75. The first-order chi connectivity index (χ1) is 6.09. The van der Waals surface area contributed by atoms with Crippen LogP contribution in [0.15, 0.2) is 18.2 Å². The summed E-state index contributed by atoms with van der Waals surface area (Å²) in [5, 5.41) is 0. The highest BCUT2D eigenvalue weighted by atomic mass is 16.5. The summed E-state index contributed by atoms with van der Waals surface area (Å²) >= 11 is 0. The molecule has 0 bridgehead atoms. The van der Waals surface area contributed by atoms with Crippen molar-refractivity contribution in [2.24, 2.45) is 0 Å². The van der Waals surface area contributed by atoms with Crippen LogP contribution >= 0.6 is 0 Å². The molecule has 70 valence electrons. The van der Waals surface area contributed by atoms with Gasteiger partial charge in [0.2, 0.25) is 0 Å². The van der Waals surface area contributed by atoms with Gasteiger partial charge in [0, 0.05) is 0 Å². The van der Waals surface area contributed by atoms with Gasteiger partial charge in [-0.25, -0.2) is 0 Å². The SMILES string of the molecule is Cc1ccc2c(c1)C(C)(C)OCC2. The molecular weight excluding hydrogens is 160 g/mol. The van der Waals surface area contributed by atoms with E-state index in [1.165, 1.54) is 16.7 Å². The zero-order chi connectivity index (χ0) is 9.47. The van der Waals surface area contributed by atoms with E-state index in [2.05, 4.69) is 39.0 Å². The molecular formula is C12H16O. The number of ether oxygens (including phenoxy) is 1. The van der Waals surface area contributed by atoms with Crippen LogP contribution < -0.4 is 0 Å². The number of fused-ring (bicyclic) bond motifs is 1. The van der Waals surface area contributed by atoms with Gasteiger partial charge in [-0.2, -0.15) is 0 Å². The van der Waals surface area contributed by atoms with Crippen molar-refractivity contribution in [1.82, 2.24) is 0 Å². The molecule has 1 aromatic carbocycles. The molecule has 0 radical (unpaired) electrons. The quantitative estimate of drug-likeness (QED) is 0.590. The van der Waals surface area contributed by atoms with E-state index in [0.29, 0.717) is 0 Å². The number of rotatable bonds is 0. The van der Waals surface area contributed by atoms with E-state index in [4.69, 9.17) is 4.74 Å². The summed E-state index contributed by atoms with van der Waals surface area (Å²) in [7, 11) is 0. The molecule has 1 heterocycles. The van der Waals surface area contributed by atoms with Gasteiger partial charge in [-0.3, -0.25) is 0 Å². The molecule has 13 heavy (non-hydrogen) atoms. The lowest BCUT2D eigenvalue weighted by molar-refractivity contribution is -0.0315. The molecule has 0 fully saturated rings. The Morgan fingerprint density at radius 3 is 2.85 bits per heavy atom. The molecule has 0 aromatic heterocycles. The van der Waals surface area contributed by atoms with Crippen LogP contribution in [0.2, 0.25) is 0 Å². The molecule has 1 aromatic rings. The zero-order valence-electron chi connectivity index (χ0n) is 8.55. The van der Waals surface area contributed by atoms with Crippen molar-refractivity contribution in [3.8, 4) is 0 Å². The minimum Gasteiger partial charge on any atom is -0.371 e. The molecule has 0 spiro atoms. The van der Waals surface area contributed by atoms with Gasteiger partial charge in [0.15, 0.2) is 0 Å². The van der Waals surface area contributed by atoms with Gasteiger partial charge < -0.3 is 4.74 Å². The fourth-order valence-electron chi connectivity index (χ4n) is 1.96. The molecule has 1 nitrogen and oxygen atoms in total. The Kier molecular flexibility index (Phi) is 1.92. The topological polar surface area (TPSA) is 9.23 Å². The van der Waals surface area contributed by atoms with Crippen molar-refractivity contribution in [2.75, 3.05) is 6.61 Å². The monoisotopic (exact) mass is 176 g/mol. The fourth-order valence-corrected chi connectivity index (χ4v) is 1.96. The van der Waals surface area contributed by atoms with Gasteiger partial charge in [0.1, 0.15) is 0 Å². The van der Waals surface area contributed by atoms with Crippen LogP contribution in [-0.2, 0) is 16.8 Å². The molecule has 1 aliphatic heterocycles. The second-order valence-corrected chi connectivity index (χ2v) is 4.27. The van der Waals surface area contributed by atoms with E-state index in [-0.39, 0.29) is 5.60 Å². The van der Waals surface area contributed by atoms with E-state index in [0.717, 1.165) is 13.0 Å². The average Bonchev–Trinajstić information content (AvgIpc) is 2.06. The van der Waals surface area contributed by atoms with E-state index >= 15 is 0 Å². The minimum absolute atomic E-state index is 0.0976. The third kappa shape index (κ3) is 1.49. The van der Waals surface area contributed by atoms with Gasteiger partial charge in [-0.15, -0.1) is 0 Å². The lowest BCUT2D eigenvalue weighted by atomic mass is 9.88. The second-order valence-electron chi connectivity index (χ2n) is 4.27. The van der Waals surface area contributed by atoms with Crippen molar-refractivity contribution >= 4 is 0 Å². The molecule has 0 saturated carbocycles. The van der Waals surface area contributed by atoms with Crippen molar-refractivity contribution in [3.05, 3.63) is 34.9 Å². The standard InChI is InChI=1S/C12H16O/c1-9-4-5-10-6-7-13-12(2,3)11(10)8-9/h4-5,8H,6-7H2,1-3H3. The summed E-state index contributed by atoms with van der Waals surface area (Å²) in [4.78, 5) is 0. The first kappa shape index (κ1) is 8.76. The van der Waals surface area contributed by atoms with E-state index < -0.39 is 0 Å². The summed E-state index contributed by atoms with van der Waals surface area (Å²) < 4.78 is 5.75. The minimum atomic E-state index is -0.0976. The van der Waals surface area contributed by atoms with Crippen molar-refractivity contribution in [3.63, 3.8) is 0 Å².